The Kier molecular flexibility index (Phi) is 6.50. The summed E-state index contributed by atoms with van der Waals surface area (Å²) in [5.74, 6) is 0.720. The Morgan fingerprint density at radius 2 is 1.80 bits per heavy atom. The molecular formula is C16H29NO3. The van der Waals surface area contributed by atoms with Crippen LogP contribution >= 0.6 is 0 Å². The van der Waals surface area contributed by atoms with Crippen LogP contribution in [-0.2, 0) is 9.53 Å². The summed E-state index contributed by atoms with van der Waals surface area (Å²) >= 11 is 0. The van der Waals surface area contributed by atoms with E-state index >= 15 is 0 Å². The van der Waals surface area contributed by atoms with Gasteiger partial charge in [0, 0.05) is 0 Å². The van der Waals surface area contributed by atoms with Crippen molar-refractivity contribution in [2.75, 3.05) is 0 Å². The van der Waals surface area contributed by atoms with Gasteiger partial charge >= 0.3 is 6.09 Å². The molecule has 1 amide bonds. The van der Waals surface area contributed by atoms with Crippen molar-refractivity contribution in [3.8, 4) is 0 Å². The lowest BCUT2D eigenvalue weighted by Crippen LogP contribution is -2.42. The lowest BCUT2D eigenvalue weighted by molar-refractivity contribution is -0.119. The monoisotopic (exact) mass is 283 g/mol. The normalized spacial score (nSPS) is 18.4. The quantitative estimate of drug-likeness (QED) is 0.834. The zero-order chi connectivity index (χ0) is 15.2. The Bertz CT molecular complexity index is 327. The van der Waals surface area contributed by atoms with E-state index in [4.69, 9.17) is 4.74 Å². The van der Waals surface area contributed by atoms with Crippen LogP contribution in [0.25, 0.3) is 0 Å². The van der Waals surface area contributed by atoms with Gasteiger partial charge in [-0.05, 0) is 46.5 Å². The number of ketones is 1. The van der Waals surface area contributed by atoms with Crippen LogP contribution < -0.4 is 5.32 Å². The fraction of sp³-hybridized carbons (Fsp3) is 0.875. The smallest absolute Gasteiger partial charge is 0.408 e. The highest BCUT2D eigenvalue weighted by Gasteiger charge is 2.23. The summed E-state index contributed by atoms with van der Waals surface area (Å²) < 4.78 is 5.21. The minimum absolute atomic E-state index is 0.00617. The van der Waals surface area contributed by atoms with Crippen LogP contribution in [0.4, 0.5) is 4.79 Å². The Labute approximate surface area is 122 Å². The van der Waals surface area contributed by atoms with Gasteiger partial charge in [0.15, 0.2) is 5.78 Å². The van der Waals surface area contributed by atoms with Crippen LogP contribution in [0.3, 0.4) is 0 Å². The van der Waals surface area contributed by atoms with Crippen LogP contribution in [0.5, 0.6) is 0 Å². The Morgan fingerprint density at radius 3 is 2.30 bits per heavy atom. The first-order chi connectivity index (χ1) is 9.28. The van der Waals surface area contributed by atoms with Crippen LogP contribution in [0.15, 0.2) is 0 Å². The zero-order valence-electron chi connectivity index (χ0n) is 13.3. The molecule has 0 heterocycles. The summed E-state index contributed by atoms with van der Waals surface area (Å²) in [6, 6.07) is -0.410. The predicted molar refractivity (Wildman–Crippen MR) is 79.6 cm³/mol. The molecule has 1 rings (SSSR count). The molecule has 0 aromatic carbocycles. The van der Waals surface area contributed by atoms with Crippen LogP contribution in [0, 0.1) is 5.92 Å². The topological polar surface area (TPSA) is 55.4 Å². The predicted octanol–water partition coefficient (Wildman–Crippen LogP) is 3.83. The molecule has 0 aliphatic heterocycles. The van der Waals surface area contributed by atoms with Gasteiger partial charge in [-0.1, -0.05) is 32.1 Å². The van der Waals surface area contributed by atoms with Crippen molar-refractivity contribution in [3.05, 3.63) is 0 Å². The second-order valence-electron chi connectivity index (χ2n) is 6.89. The largest absolute Gasteiger partial charge is 0.444 e. The van der Waals surface area contributed by atoms with Gasteiger partial charge in [-0.15, -0.1) is 0 Å². The van der Waals surface area contributed by atoms with Crippen molar-refractivity contribution in [2.45, 2.75) is 84.3 Å². The number of rotatable bonds is 5. The maximum absolute atomic E-state index is 11.7. The number of ether oxygens (including phenoxy) is 1. The lowest BCUT2D eigenvalue weighted by atomic mass is 9.85. The molecule has 1 aliphatic carbocycles. The third kappa shape index (κ3) is 6.92. The molecule has 0 saturated heterocycles. The van der Waals surface area contributed by atoms with Crippen molar-refractivity contribution in [1.82, 2.24) is 5.32 Å². The van der Waals surface area contributed by atoms with Gasteiger partial charge in [0.1, 0.15) is 5.60 Å². The van der Waals surface area contributed by atoms with Gasteiger partial charge in [0.05, 0.1) is 6.04 Å². The molecule has 1 fully saturated rings. The Balaban J connectivity index is 2.39. The summed E-state index contributed by atoms with van der Waals surface area (Å²) in [6.07, 6.45) is 7.70. The third-order valence-corrected chi connectivity index (χ3v) is 3.77. The molecule has 0 aromatic rings. The molecule has 0 spiro atoms. The molecule has 1 atom stereocenters. The number of Topliss-reactive ketones (excluding diaryl/α,β-unsaturated/α-hetero) is 1. The summed E-state index contributed by atoms with van der Waals surface area (Å²) in [7, 11) is 0. The molecule has 20 heavy (non-hydrogen) atoms. The fourth-order valence-corrected chi connectivity index (χ4v) is 2.71. The van der Waals surface area contributed by atoms with E-state index in [1.165, 1.54) is 39.0 Å². The van der Waals surface area contributed by atoms with E-state index < -0.39 is 17.7 Å². The van der Waals surface area contributed by atoms with Crippen molar-refractivity contribution in [1.29, 1.82) is 0 Å². The highest BCUT2D eigenvalue weighted by Crippen LogP contribution is 2.27. The molecule has 0 aromatic heterocycles. The molecule has 1 saturated carbocycles. The summed E-state index contributed by atoms with van der Waals surface area (Å²) in [5, 5.41) is 2.70. The maximum atomic E-state index is 11.7. The van der Waals surface area contributed by atoms with E-state index in [1.807, 2.05) is 20.8 Å². The SMILES string of the molecule is CC(=O)C(CCC1CCCCC1)NC(=O)OC(C)(C)C. The standard InChI is InChI=1S/C16H29NO3/c1-12(18)14(17-15(19)20-16(2,3)4)11-10-13-8-6-5-7-9-13/h13-14H,5-11H2,1-4H3,(H,17,19). The first-order valence-electron chi connectivity index (χ1n) is 7.78. The zero-order valence-corrected chi connectivity index (χ0v) is 13.3. The summed E-state index contributed by atoms with van der Waals surface area (Å²) in [5.41, 5.74) is -0.533. The number of hydrogen-bond donors (Lipinski definition) is 1. The number of carbonyl (C=O) groups is 2. The minimum atomic E-state index is -0.533. The van der Waals surface area contributed by atoms with E-state index in [1.54, 1.807) is 0 Å². The van der Waals surface area contributed by atoms with E-state index in [0.29, 0.717) is 5.92 Å². The molecule has 1 aliphatic rings. The van der Waals surface area contributed by atoms with Crippen molar-refractivity contribution >= 4 is 11.9 Å². The first-order valence-corrected chi connectivity index (χ1v) is 7.78. The molecule has 116 valence electrons. The molecular weight excluding hydrogens is 254 g/mol. The summed E-state index contributed by atoms with van der Waals surface area (Å²) in [4.78, 5) is 23.4. The summed E-state index contributed by atoms with van der Waals surface area (Å²) in [6.45, 7) is 6.98. The van der Waals surface area contributed by atoms with E-state index in [-0.39, 0.29) is 5.78 Å². The number of amides is 1. The second kappa shape index (κ2) is 7.65. The van der Waals surface area contributed by atoms with E-state index in [9.17, 15) is 9.59 Å². The van der Waals surface area contributed by atoms with Crippen LogP contribution in [0.1, 0.15) is 72.6 Å². The number of alkyl carbamates (subject to hydrolysis) is 1. The molecule has 0 bridgehead atoms. The minimum Gasteiger partial charge on any atom is -0.444 e. The van der Waals surface area contributed by atoms with Gasteiger partial charge in [0.2, 0.25) is 0 Å². The number of carbonyl (C=O) groups excluding carboxylic acids is 2. The van der Waals surface area contributed by atoms with Gasteiger partial charge in [-0.25, -0.2) is 4.79 Å². The number of nitrogens with one attached hydrogen (secondary N) is 1. The second-order valence-corrected chi connectivity index (χ2v) is 6.89. The van der Waals surface area contributed by atoms with Crippen molar-refractivity contribution in [2.24, 2.45) is 5.92 Å². The first kappa shape index (κ1) is 17.0. The van der Waals surface area contributed by atoms with Crippen LogP contribution in [-0.4, -0.2) is 23.5 Å². The third-order valence-electron chi connectivity index (χ3n) is 3.77. The van der Waals surface area contributed by atoms with E-state index in [0.717, 1.165) is 12.8 Å². The maximum Gasteiger partial charge on any atom is 0.408 e. The van der Waals surface area contributed by atoms with Crippen molar-refractivity contribution < 1.29 is 14.3 Å². The van der Waals surface area contributed by atoms with E-state index in [2.05, 4.69) is 5.32 Å². The van der Waals surface area contributed by atoms with Gasteiger partial charge in [-0.3, -0.25) is 4.79 Å². The number of hydrogen-bond acceptors (Lipinski definition) is 3. The fourth-order valence-electron chi connectivity index (χ4n) is 2.71. The van der Waals surface area contributed by atoms with Gasteiger partial charge in [0.25, 0.3) is 0 Å². The average Bonchev–Trinajstić information content (AvgIpc) is 2.33. The molecule has 4 nitrogen and oxygen atoms in total. The van der Waals surface area contributed by atoms with Crippen molar-refractivity contribution in [3.63, 3.8) is 0 Å². The lowest BCUT2D eigenvalue weighted by Gasteiger charge is -2.25. The average molecular weight is 283 g/mol. The highest BCUT2D eigenvalue weighted by molar-refractivity contribution is 5.85. The molecule has 1 unspecified atom stereocenters. The molecule has 1 N–H and O–H groups in total. The molecule has 0 radical (unpaired) electrons. The van der Waals surface area contributed by atoms with Gasteiger partial charge < -0.3 is 10.1 Å². The molecule has 4 heteroatoms. The Morgan fingerprint density at radius 1 is 1.20 bits per heavy atom. The van der Waals surface area contributed by atoms with Gasteiger partial charge in [-0.2, -0.15) is 0 Å². The van der Waals surface area contributed by atoms with Crippen LogP contribution in [0.2, 0.25) is 0 Å². The highest BCUT2D eigenvalue weighted by atomic mass is 16.6. The Hall–Kier alpha value is -1.06.